The summed E-state index contributed by atoms with van der Waals surface area (Å²) in [5.74, 6) is -0.239. The Morgan fingerprint density at radius 1 is 0.941 bits per heavy atom. The largest absolute Gasteiger partial charge is 0.445 e. The Morgan fingerprint density at radius 3 is 2.59 bits per heavy atom. The smallest absolute Gasteiger partial charge is 0.410 e. The fourth-order valence-electron chi connectivity index (χ4n) is 4.27. The fraction of sp³-hybridized carbons (Fsp3) is 0.192. The number of hydrogen-bond donors (Lipinski definition) is 3. The quantitative estimate of drug-likeness (QED) is 0.417. The number of aromatic amines is 2. The van der Waals surface area contributed by atoms with Gasteiger partial charge in [-0.25, -0.2) is 9.59 Å². The van der Waals surface area contributed by atoms with Crippen LogP contribution in [0.1, 0.15) is 18.4 Å². The third kappa shape index (κ3) is 4.56. The number of fused-ring (bicyclic) bond motifs is 1. The van der Waals surface area contributed by atoms with E-state index >= 15 is 0 Å². The number of amides is 2. The maximum atomic E-state index is 13.0. The maximum absolute atomic E-state index is 13.0. The van der Waals surface area contributed by atoms with E-state index in [1.54, 1.807) is 0 Å². The standard InChI is InChI=1S/C26H24N4O4/c31-24(23-10-5-13-30(23)26(33)34-16-17-6-2-1-3-7-17)27-20-9-4-8-18(14-20)19-11-12-21-22(15-19)29-25(32)28-21/h1-4,6-9,11-12,14-15,23H,5,10,13,16H2,(H,27,31)(H2,28,29,32)/t23-/m0/s1. The van der Waals surface area contributed by atoms with Crippen LogP contribution in [0.3, 0.4) is 0 Å². The summed E-state index contributed by atoms with van der Waals surface area (Å²) >= 11 is 0. The summed E-state index contributed by atoms with van der Waals surface area (Å²) in [6.45, 7) is 0.657. The van der Waals surface area contributed by atoms with Crippen LogP contribution in [0, 0.1) is 0 Å². The van der Waals surface area contributed by atoms with Gasteiger partial charge in [-0.05, 0) is 53.8 Å². The van der Waals surface area contributed by atoms with E-state index in [9.17, 15) is 14.4 Å². The van der Waals surface area contributed by atoms with Gasteiger partial charge in [0.1, 0.15) is 12.6 Å². The average molecular weight is 457 g/mol. The van der Waals surface area contributed by atoms with Crippen LogP contribution in [0.5, 0.6) is 0 Å². The van der Waals surface area contributed by atoms with Crippen molar-refractivity contribution in [3.63, 3.8) is 0 Å². The third-order valence-electron chi connectivity index (χ3n) is 5.97. The monoisotopic (exact) mass is 456 g/mol. The first-order valence-corrected chi connectivity index (χ1v) is 11.2. The lowest BCUT2D eigenvalue weighted by Gasteiger charge is -2.23. The van der Waals surface area contributed by atoms with Crippen LogP contribution in [0.2, 0.25) is 0 Å². The molecule has 2 amide bonds. The fourth-order valence-corrected chi connectivity index (χ4v) is 4.27. The molecule has 1 aromatic heterocycles. The first-order valence-electron chi connectivity index (χ1n) is 11.2. The highest BCUT2D eigenvalue weighted by Gasteiger charge is 2.35. The van der Waals surface area contributed by atoms with Gasteiger partial charge in [-0.1, -0.05) is 48.5 Å². The molecule has 0 unspecified atom stereocenters. The lowest BCUT2D eigenvalue weighted by atomic mass is 10.0. The molecule has 1 saturated heterocycles. The van der Waals surface area contributed by atoms with Crippen molar-refractivity contribution in [3.05, 3.63) is 88.8 Å². The maximum Gasteiger partial charge on any atom is 0.410 e. The van der Waals surface area contributed by atoms with Crippen molar-refractivity contribution < 1.29 is 14.3 Å². The van der Waals surface area contributed by atoms with Gasteiger partial charge in [-0.15, -0.1) is 0 Å². The third-order valence-corrected chi connectivity index (χ3v) is 5.97. The number of imidazole rings is 1. The Morgan fingerprint density at radius 2 is 1.74 bits per heavy atom. The number of nitrogens with one attached hydrogen (secondary N) is 3. The first kappa shape index (κ1) is 21.5. The molecule has 0 saturated carbocycles. The molecule has 0 bridgehead atoms. The van der Waals surface area contributed by atoms with Crippen LogP contribution in [0.15, 0.2) is 77.6 Å². The van der Waals surface area contributed by atoms with Crippen molar-refractivity contribution in [2.75, 3.05) is 11.9 Å². The molecule has 0 spiro atoms. The molecule has 34 heavy (non-hydrogen) atoms. The van der Waals surface area contributed by atoms with Gasteiger partial charge in [0.15, 0.2) is 0 Å². The van der Waals surface area contributed by atoms with E-state index in [0.717, 1.165) is 28.6 Å². The van der Waals surface area contributed by atoms with Crippen LogP contribution < -0.4 is 11.0 Å². The van der Waals surface area contributed by atoms with Gasteiger partial charge in [0.25, 0.3) is 0 Å². The molecular formula is C26H24N4O4. The number of aromatic nitrogens is 2. The van der Waals surface area contributed by atoms with E-state index in [-0.39, 0.29) is 18.2 Å². The summed E-state index contributed by atoms with van der Waals surface area (Å²) in [4.78, 5) is 44.2. The molecule has 0 aliphatic carbocycles. The lowest BCUT2D eigenvalue weighted by Crippen LogP contribution is -2.43. The highest BCUT2D eigenvalue weighted by atomic mass is 16.6. The molecule has 3 N–H and O–H groups in total. The van der Waals surface area contributed by atoms with Crippen LogP contribution in [-0.4, -0.2) is 39.5 Å². The van der Waals surface area contributed by atoms with Crippen LogP contribution in [0.4, 0.5) is 10.5 Å². The molecule has 5 rings (SSSR count). The SMILES string of the molecule is O=C(Nc1cccc(-c2ccc3[nH]c(=O)[nH]c3c2)c1)[C@@H]1CCCN1C(=O)OCc1ccccc1. The summed E-state index contributed by atoms with van der Waals surface area (Å²) in [5, 5.41) is 2.94. The van der Waals surface area contributed by atoms with Crippen molar-refractivity contribution >= 4 is 28.7 Å². The molecule has 8 nitrogen and oxygen atoms in total. The number of hydrogen-bond acceptors (Lipinski definition) is 4. The van der Waals surface area contributed by atoms with Crippen molar-refractivity contribution in [2.24, 2.45) is 0 Å². The van der Waals surface area contributed by atoms with E-state index in [0.29, 0.717) is 24.2 Å². The zero-order valence-electron chi connectivity index (χ0n) is 18.4. The van der Waals surface area contributed by atoms with Gasteiger partial charge in [0, 0.05) is 12.2 Å². The normalized spacial score (nSPS) is 15.4. The molecule has 4 aromatic rings. The highest BCUT2D eigenvalue weighted by molar-refractivity contribution is 5.97. The van der Waals surface area contributed by atoms with E-state index in [1.807, 2.05) is 72.8 Å². The van der Waals surface area contributed by atoms with E-state index < -0.39 is 12.1 Å². The van der Waals surface area contributed by atoms with Gasteiger partial charge < -0.3 is 20.0 Å². The minimum absolute atomic E-state index is 0.170. The van der Waals surface area contributed by atoms with Crippen molar-refractivity contribution in [3.8, 4) is 11.1 Å². The summed E-state index contributed by atoms with van der Waals surface area (Å²) < 4.78 is 5.44. The van der Waals surface area contributed by atoms with Gasteiger partial charge in [-0.2, -0.15) is 0 Å². The predicted octanol–water partition coefficient (Wildman–Crippen LogP) is 4.26. The van der Waals surface area contributed by atoms with Crippen molar-refractivity contribution in [1.29, 1.82) is 0 Å². The second-order valence-electron chi connectivity index (χ2n) is 8.30. The Balaban J connectivity index is 1.26. The lowest BCUT2D eigenvalue weighted by molar-refractivity contribution is -0.120. The number of carbonyl (C=O) groups excluding carboxylic acids is 2. The van der Waals surface area contributed by atoms with Crippen LogP contribution in [-0.2, 0) is 16.1 Å². The van der Waals surface area contributed by atoms with Crippen molar-refractivity contribution in [1.82, 2.24) is 14.9 Å². The molecule has 1 fully saturated rings. The number of ether oxygens (including phenoxy) is 1. The van der Waals surface area contributed by atoms with Crippen LogP contribution in [0.25, 0.3) is 22.2 Å². The molecule has 1 aliphatic rings. The zero-order valence-corrected chi connectivity index (χ0v) is 18.4. The van der Waals surface area contributed by atoms with Crippen LogP contribution >= 0.6 is 0 Å². The predicted molar refractivity (Wildman–Crippen MR) is 129 cm³/mol. The van der Waals surface area contributed by atoms with Gasteiger partial charge >= 0.3 is 11.8 Å². The minimum Gasteiger partial charge on any atom is -0.445 e. The first-order chi connectivity index (χ1) is 16.6. The van der Waals surface area contributed by atoms with Crippen molar-refractivity contribution in [2.45, 2.75) is 25.5 Å². The number of anilines is 1. The van der Waals surface area contributed by atoms with E-state index in [1.165, 1.54) is 4.90 Å². The number of likely N-dealkylation sites (tertiary alicyclic amines) is 1. The van der Waals surface area contributed by atoms with E-state index in [2.05, 4.69) is 15.3 Å². The Bertz CT molecular complexity index is 1390. The molecule has 1 aliphatic heterocycles. The number of rotatable bonds is 5. The molecule has 8 heteroatoms. The van der Waals surface area contributed by atoms with Gasteiger partial charge in [0.05, 0.1) is 11.0 Å². The second-order valence-corrected chi connectivity index (χ2v) is 8.30. The number of H-pyrrole nitrogens is 2. The number of benzene rings is 3. The Hall–Kier alpha value is -4.33. The number of carbonyl (C=O) groups is 2. The zero-order chi connectivity index (χ0) is 23.5. The molecule has 172 valence electrons. The van der Waals surface area contributed by atoms with Gasteiger partial charge in [0.2, 0.25) is 5.91 Å². The molecule has 0 radical (unpaired) electrons. The molecule has 3 aromatic carbocycles. The van der Waals surface area contributed by atoms with E-state index in [4.69, 9.17) is 4.74 Å². The van der Waals surface area contributed by atoms with Gasteiger partial charge in [-0.3, -0.25) is 9.69 Å². The topological polar surface area (TPSA) is 107 Å². The Kier molecular flexibility index (Phi) is 5.86. The molecular weight excluding hydrogens is 432 g/mol. The minimum atomic E-state index is -0.576. The second kappa shape index (κ2) is 9.27. The summed E-state index contributed by atoms with van der Waals surface area (Å²) in [5.41, 5.74) is 4.53. The highest BCUT2D eigenvalue weighted by Crippen LogP contribution is 2.26. The summed E-state index contributed by atoms with van der Waals surface area (Å²) in [7, 11) is 0. The molecule has 2 heterocycles. The molecule has 1 atom stereocenters. The number of nitrogens with zero attached hydrogens (tertiary/aromatic N) is 1. The Labute approximate surface area is 195 Å². The summed E-state index contributed by atoms with van der Waals surface area (Å²) in [6.07, 6.45) is 0.848. The average Bonchev–Trinajstić information content (AvgIpc) is 3.49. The summed E-state index contributed by atoms with van der Waals surface area (Å²) in [6, 6.07) is 22.0.